The second-order valence-corrected chi connectivity index (χ2v) is 10.1. The number of allylic oxidation sites excluding steroid dienone is 4. The molecule has 6 rings (SSSR count). The molecule has 0 bridgehead atoms. The predicted molar refractivity (Wildman–Crippen MR) is 149 cm³/mol. The van der Waals surface area contributed by atoms with E-state index in [4.69, 9.17) is 0 Å². The zero-order valence-corrected chi connectivity index (χ0v) is 25.4. The quantitative estimate of drug-likeness (QED) is 0.274. The van der Waals surface area contributed by atoms with Crippen LogP contribution in [0.3, 0.4) is 0 Å². The third-order valence-corrected chi connectivity index (χ3v) is 7.43. The van der Waals surface area contributed by atoms with Gasteiger partial charge in [0.05, 0.1) is 0 Å². The first-order chi connectivity index (χ1) is 17.0. The van der Waals surface area contributed by atoms with E-state index in [1.807, 2.05) is 0 Å². The van der Waals surface area contributed by atoms with Gasteiger partial charge in [-0.25, -0.2) is 11.6 Å². The number of benzene rings is 4. The van der Waals surface area contributed by atoms with Gasteiger partial charge in [0.15, 0.2) is 0 Å². The van der Waals surface area contributed by atoms with Crippen molar-refractivity contribution in [3.05, 3.63) is 149 Å². The summed E-state index contributed by atoms with van der Waals surface area (Å²) in [6, 6.07) is 36.7. The summed E-state index contributed by atoms with van der Waals surface area (Å²) in [6.45, 7) is 6.34. The Kier molecular flexibility index (Phi) is 12.6. The Bertz CT molecular complexity index is 1390. The van der Waals surface area contributed by atoms with Gasteiger partial charge in [0.2, 0.25) is 0 Å². The third-order valence-electron chi connectivity index (χ3n) is 6.01. The monoisotopic (exact) mass is 598 g/mol. The van der Waals surface area contributed by atoms with E-state index < -0.39 is 0 Å². The Balaban J connectivity index is 0.000000205. The Labute approximate surface area is 248 Å². The molecule has 0 heterocycles. The Hall–Kier alpha value is -2.44. The Morgan fingerprint density at radius 3 is 1.49 bits per heavy atom. The van der Waals surface area contributed by atoms with Gasteiger partial charge in [0, 0.05) is 0 Å². The number of halogens is 2. The summed E-state index contributed by atoms with van der Waals surface area (Å²) in [5, 5.41) is 5.46. The number of rotatable bonds is 2. The number of hydrogen-bond donors (Lipinski definition) is 0. The molecule has 1 aliphatic carbocycles. The van der Waals surface area contributed by atoms with Crippen molar-refractivity contribution in [1.29, 1.82) is 0 Å². The van der Waals surface area contributed by atoms with Crippen molar-refractivity contribution in [2.24, 2.45) is 0 Å². The molecule has 0 saturated heterocycles. The van der Waals surface area contributed by atoms with Crippen LogP contribution in [0.15, 0.2) is 121 Å². The summed E-state index contributed by atoms with van der Waals surface area (Å²) in [6.07, 6.45) is 8.33. The van der Waals surface area contributed by atoms with Crippen LogP contribution in [-0.4, -0.2) is 3.21 Å². The van der Waals surface area contributed by atoms with Crippen LogP contribution >= 0.6 is 0 Å². The molecule has 0 unspecified atom stereocenters. The summed E-state index contributed by atoms with van der Waals surface area (Å²) >= 11 is 1.46. The van der Waals surface area contributed by atoms with E-state index in [1.165, 1.54) is 76.8 Å². The van der Waals surface area contributed by atoms with Crippen molar-refractivity contribution in [2.75, 3.05) is 0 Å². The van der Waals surface area contributed by atoms with E-state index in [2.05, 4.69) is 142 Å². The van der Waals surface area contributed by atoms with Crippen molar-refractivity contribution in [3.63, 3.8) is 0 Å². The molecule has 0 aromatic heterocycles. The molecule has 0 aliphatic heterocycles. The first kappa shape index (κ1) is 30.8. The van der Waals surface area contributed by atoms with Gasteiger partial charge in [0.1, 0.15) is 0 Å². The molecule has 0 atom stereocenters. The Morgan fingerprint density at radius 2 is 1.14 bits per heavy atom. The minimum atomic E-state index is 0. The fourth-order valence-electron chi connectivity index (χ4n) is 4.15. The SMILES string of the molecule is CC1=[C-]CC=C1.Cc1ccc2c(c1)[cH-]c1cc(C)ccc12.[Cl-].[Cl-].[Zr+2]=[C](c1ccccc1)c1ccccc1. The van der Waals surface area contributed by atoms with Crippen molar-refractivity contribution < 1.29 is 49.0 Å². The van der Waals surface area contributed by atoms with Gasteiger partial charge in [-0.2, -0.15) is 6.08 Å². The van der Waals surface area contributed by atoms with Crippen LogP contribution in [0, 0.1) is 19.9 Å². The number of aryl methyl sites for hydroxylation is 2. The van der Waals surface area contributed by atoms with Gasteiger partial charge >= 0.3 is 99.2 Å². The zero-order chi connectivity index (χ0) is 24.6. The van der Waals surface area contributed by atoms with E-state index in [0.29, 0.717) is 0 Å². The summed E-state index contributed by atoms with van der Waals surface area (Å²) in [5.74, 6) is 0. The second-order valence-electron chi connectivity index (χ2n) is 8.90. The molecule has 0 fully saturated rings. The van der Waals surface area contributed by atoms with Crippen LogP contribution in [0.2, 0.25) is 0 Å². The van der Waals surface area contributed by atoms with E-state index in [0.717, 1.165) is 6.42 Å². The van der Waals surface area contributed by atoms with Gasteiger partial charge in [-0.05, 0) is 13.8 Å². The topological polar surface area (TPSA) is 0 Å². The molecular formula is C34H30Cl2Zr-2. The molecule has 0 radical (unpaired) electrons. The van der Waals surface area contributed by atoms with Crippen LogP contribution in [0.25, 0.3) is 21.5 Å². The van der Waals surface area contributed by atoms with Gasteiger partial charge in [-0.3, -0.25) is 6.08 Å². The first-order valence-corrected chi connectivity index (χ1v) is 13.2. The van der Waals surface area contributed by atoms with Gasteiger partial charge in [0.25, 0.3) is 0 Å². The van der Waals surface area contributed by atoms with Crippen LogP contribution in [0.4, 0.5) is 0 Å². The van der Waals surface area contributed by atoms with Crippen molar-refractivity contribution in [2.45, 2.75) is 27.2 Å². The predicted octanol–water partition coefficient (Wildman–Crippen LogP) is 2.83. The van der Waals surface area contributed by atoms with Crippen molar-refractivity contribution in [3.8, 4) is 0 Å². The molecule has 37 heavy (non-hydrogen) atoms. The molecule has 0 amide bonds. The average molecular weight is 601 g/mol. The van der Waals surface area contributed by atoms with Crippen LogP contribution in [0.1, 0.15) is 35.6 Å². The molecule has 0 spiro atoms. The third kappa shape index (κ3) is 8.54. The van der Waals surface area contributed by atoms with Gasteiger partial charge in [-0.1, -0.05) is 42.3 Å². The zero-order valence-electron chi connectivity index (χ0n) is 21.4. The number of fused-ring (bicyclic) bond motifs is 3. The van der Waals surface area contributed by atoms with Crippen LogP contribution in [0.5, 0.6) is 0 Å². The van der Waals surface area contributed by atoms with Gasteiger partial charge in [-0.15, -0.1) is 46.2 Å². The normalized spacial score (nSPS) is 11.3. The molecular weight excluding hydrogens is 571 g/mol. The fourth-order valence-corrected chi connectivity index (χ4v) is 4.97. The maximum atomic E-state index is 3.12. The van der Waals surface area contributed by atoms with Crippen LogP contribution in [-0.2, 0) is 24.2 Å². The van der Waals surface area contributed by atoms with Crippen molar-refractivity contribution >= 4 is 24.8 Å². The molecule has 0 nitrogen and oxygen atoms in total. The van der Waals surface area contributed by atoms with Crippen LogP contribution < -0.4 is 24.8 Å². The number of hydrogen-bond acceptors (Lipinski definition) is 0. The van der Waals surface area contributed by atoms with Gasteiger partial charge < -0.3 is 24.8 Å². The van der Waals surface area contributed by atoms with Crippen molar-refractivity contribution in [1.82, 2.24) is 0 Å². The molecule has 0 N–H and O–H groups in total. The standard InChI is InChI=1S/C15H13.C13H10.C6H7.2ClH.Zr/c1-10-3-5-14-12(7-10)9-13-8-11(2)4-6-15(13)14;1-3-7-12(8-4-1)11-13-9-5-2-6-10-13;1-6-4-2-3-5-6;;;/h3-9H,1-2H3;1-10H;2,4H,3H2,1H3;2*1H;/q-1;;-1;;;+2/p-2. The molecule has 3 heteroatoms. The summed E-state index contributed by atoms with van der Waals surface area (Å²) in [7, 11) is 0. The fraction of sp³-hybridized carbons (Fsp3) is 0.118. The van der Waals surface area contributed by atoms with E-state index in [-0.39, 0.29) is 24.8 Å². The maximum absolute atomic E-state index is 3.12. The van der Waals surface area contributed by atoms with E-state index in [1.54, 1.807) is 0 Å². The molecule has 5 aromatic rings. The molecule has 186 valence electrons. The summed E-state index contributed by atoms with van der Waals surface area (Å²) < 4.78 is 1.42. The second kappa shape index (κ2) is 15.1. The van der Waals surface area contributed by atoms with E-state index in [9.17, 15) is 0 Å². The molecule has 0 saturated carbocycles. The summed E-state index contributed by atoms with van der Waals surface area (Å²) in [5.41, 5.74) is 6.59. The summed E-state index contributed by atoms with van der Waals surface area (Å²) in [4.78, 5) is 0. The Morgan fingerprint density at radius 1 is 0.676 bits per heavy atom. The average Bonchev–Trinajstić information content (AvgIpc) is 3.50. The van der Waals surface area contributed by atoms with E-state index >= 15 is 0 Å². The molecule has 5 aromatic carbocycles. The molecule has 1 aliphatic rings. The minimum absolute atomic E-state index is 0. The first-order valence-electron chi connectivity index (χ1n) is 12.0.